The lowest BCUT2D eigenvalue weighted by atomic mass is 9.46. The van der Waals surface area contributed by atoms with Gasteiger partial charge < -0.3 is 15.5 Å². The largest absolute Gasteiger partial charge is 0.481 e. The zero-order valence-electron chi connectivity index (χ0n) is 14.6. The fourth-order valence-electron chi connectivity index (χ4n) is 7.15. The lowest BCUT2D eigenvalue weighted by Gasteiger charge is -2.61. The average Bonchev–Trinajstić information content (AvgIpc) is 2.86. The van der Waals surface area contributed by atoms with E-state index in [-0.39, 0.29) is 35.1 Å². The van der Waals surface area contributed by atoms with E-state index in [0.29, 0.717) is 17.8 Å². The van der Waals surface area contributed by atoms with Crippen molar-refractivity contribution in [1.29, 1.82) is 0 Å². The summed E-state index contributed by atoms with van der Waals surface area (Å²) in [6, 6.07) is 0.0658. The number of aliphatic hydroxyl groups excluding tert-OH is 1. The normalized spacial score (nSPS) is 53.5. The van der Waals surface area contributed by atoms with Crippen molar-refractivity contribution in [2.75, 3.05) is 0 Å². The summed E-state index contributed by atoms with van der Waals surface area (Å²) in [7, 11) is 0. The molecule has 8 atom stereocenters. The first kappa shape index (κ1) is 16.4. The number of carboxylic acid groups (broad SMARTS) is 1. The third-order valence-electron chi connectivity index (χ3n) is 8.51. The molecule has 4 rings (SSSR count). The maximum absolute atomic E-state index is 11.8. The van der Waals surface area contributed by atoms with Gasteiger partial charge in [0.25, 0.3) is 0 Å². The molecular weight excluding hydrogens is 306 g/mol. The van der Waals surface area contributed by atoms with Crippen LogP contribution < -0.4 is 5.32 Å². The number of carboxylic acids is 1. The van der Waals surface area contributed by atoms with Gasteiger partial charge in [-0.1, -0.05) is 13.8 Å². The minimum atomic E-state index is -0.636. The molecule has 3 N–H and O–H groups in total. The monoisotopic (exact) mass is 335 g/mol. The van der Waals surface area contributed by atoms with Crippen LogP contribution in [0.2, 0.25) is 0 Å². The molecule has 1 saturated heterocycles. The highest BCUT2D eigenvalue weighted by Gasteiger charge is 2.63. The van der Waals surface area contributed by atoms with Gasteiger partial charge in [0, 0.05) is 11.5 Å². The van der Waals surface area contributed by atoms with Gasteiger partial charge in [-0.05, 0) is 61.7 Å². The van der Waals surface area contributed by atoms with E-state index in [1.807, 2.05) is 0 Å². The predicted octanol–water partition coefficient (Wildman–Crippen LogP) is 2.18. The Morgan fingerprint density at radius 2 is 1.88 bits per heavy atom. The fraction of sp³-hybridized carbons (Fsp3) is 0.895. The van der Waals surface area contributed by atoms with E-state index in [2.05, 4.69) is 19.2 Å². The third kappa shape index (κ3) is 1.97. The molecule has 134 valence electrons. The zero-order chi connectivity index (χ0) is 17.3. The van der Waals surface area contributed by atoms with Gasteiger partial charge in [0.2, 0.25) is 5.91 Å². The number of aliphatic hydroxyl groups is 1. The Bertz CT molecular complexity index is 578. The summed E-state index contributed by atoms with van der Waals surface area (Å²) in [5, 5.41) is 23.5. The molecule has 0 aromatic rings. The number of amides is 1. The molecule has 5 heteroatoms. The number of nitrogens with one attached hydrogen (secondary N) is 1. The Morgan fingerprint density at radius 3 is 2.58 bits per heavy atom. The van der Waals surface area contributed by atoms with E-state index in [1.54, 1.807) is 0 Å². The lowest BCUT2D eigenvalue weighted by Crippen LogP contribution is -2.66. The van der Waals surface area contributed by atoms with Crippen molar-refractivity contribution in [2.45, 2.75) is 70.9 Å². The highest BCUT2D eigenvalue weighted by molar-refractivity contribution is 5.78. The summed E-state index contributed by atoms with van der Waals surface area (Å²) in [5.74, 6) is 0.431. The molecule has 0 aromatic carbocycles. The van der Waals surface area contributed by atoms with E-state index in [0.717, 1.165) is 38.5 Å². The van der Waals surface area contributed by atoms with Gasteiger partial charge in [0.05, 0.1) is 18.4 Å². The number of rotatable bonds is 1. The summed E-state index contributed by atoms with van der Waals surface area (Å²) >= 11 is 0. The minimum Gasteiger partial charge on any atom is -0.481 e. The van der Waals surface area contributed by atoms with Crippen LogP contribution in [0, 0.1) is 34.5 Å². The molecule has 5 nitrogen and oxygen atoms in total. The maximum atomic E-state index is 11.8. The number of carbonyl (C=O) groups is 2. The van der Waals surface area contributed by atoms with Gasteiger partial charge in [0.15, 0.2) is 0 Å². The Kier molecular flexibility index (Phi) is 3.55. The zero-order valence-corrected chi connectivity index (χ0v) is 14.6. The standard InChI is InChI=1S/C19H29NO4/c1-18-8-7-12-10(11(18)4-5-13(18)17(23)24)3-6-14-19(12,2)15(21)9-16(22)20-14/h10-15,21H,3-9H2,1-2H3,(H,20,22)(H,23,24)/t10-,11-,12-,13+,14+,15?,18-,19+/m0/s1. The van der Waals surface area contributed by atoms with Crippen molar-refractivity contribution in [1.82, 2.24) is 5.32 Å². The fourth-order valence-corrected chi connectivity index (χ4v) is 7.15. The molecule has 0 bridgehead atoms. The Morgan fingerprint density at radius 1 is 1.12 bits per heavy atom. The van der Waals surface area contributed by atoms with Gasteiger partial charge >= 0.3 is 5.97 Å². The maximum Gasteiger partial charge on any atom is 0.307 e. The van der Waals surface area contributed by atoms with Crippen LogP contribution in [-0.4, -0.2) is 34.2 Å². The van der Waals surface area contributed by atoms with Crippen molar-refractivity contribution in [3.63, 3.8) is 0 Å². The van der Waals surface area contributed by atoms with Crippen LogP contribution in [0.4, 0.5) is 0 Å². The molecule has 0 spiro atoms. The topological polar surface area (TPSA) is 86.6 Å². The van der Waals surface area contributed by atoms with Gasteiger partial charge in [-0.15, -0.1) is 0 Å². The molecule has 3 aliphatic carbocycles. The molecule has 4 aliphatic rings. The Labute approximate surface area is 143 Å². The number of piperidine rings is 1. The van der Waals surface area contributed by atoms with E-state index in [9.17, 15) is 19.8 Å². The second-order valence-electron chi connectivity index (χ2n) is 9.17. The van der Waals surface area contributed by atoms with Crippen molar-refractivity contribution in [2.24, 2.45) is 34.5 Å². The number of carbonyl (C=O) groups excluding carboxylic acids is 1. The Balaban J connectivity index is 1.66. The SMILES string of the molecule is C[C@]12CC[C@H]3[C@@H](CC[C@H]4NC(=O)CC(O)[C@@]43C)[C@@H]1CC[C@@H]2C(=O)O. The minimum absolute atomic E-state index is 0.0316. The first-order valence-electron chi connectivity index (χ1n) is 9.48. The van der Waals surface area contributed by atoms with Crippen LogP contribution in [0.15, 0.2) is 0 Å². The van der Waals surface area contributed by atoms with Gasteiger partial charge in [-0.3, -0.25) is 9.59 Å². The molecule has 1 amide bonds. The molecule has 0 aromatic heterocycles. The summed E-state index contributed by atoms with van der Waals surface area (Å²) in [4.78, 5) is 23.6. The first-order chi connectivity index (χ1) is 11.3. The summed E-state index contributed by atoms with van der Waals surface area (Å²) in [6.45, 7) is 4.35. The second-order valence-corrected chi connectivity index (χ2v) is 9.17. The van der Waals surface area contributed by atoms with Crippen molar-refractivity contribution < 1.29 is 19.8 Å². The van der Waals surface area contributed by atoms with Crippen LogP contribution in [0.3, 0.4) is 0 Å². The van der Waals surface area contributed by atoms with Crippen molar-refractivity contribution >= 4 is 11.9 Å². The van der Waals surface area contributed by atoms with Gasteiger partial charge in [-0.2, -0.15) is 0 Å². The Hall–Kier alpha value is -1.10. The van der Waals surface area contributed by atoms with Crippen LogP contribution in [0.5, 0.6) is 0 Å². The van der Waals surface area contributed by atoms with E-state index in [1.165, 1.54) is 0 Å². The lowest BCUT2D eigenvalue weighted by molar-refractivity contribution is -0.167. The summed E-state index contributed by atoms with van der Waals surface area (Å²) in [5.41, 5.74) is -0.363. The highest BCUT2D eigenvalue weighted by atomic mass is 16.4. The predicted molar refractivity (Wildman–Crippen MR) is 88.1 cm³/mol. The average molecular weight is 335 g/mol. The summed E-state index contributed by atoms with van der Waals surface area (Å²) in [6.07, 6.45) is 5.27. The van der Waals surface area contributed by atoms with E-state index in [4.69, 9.17) is 0 Å². The highest BCUT2D eigenvalue weighted by Crippen LogP contribution is 2.65. The molecule has 0 radical (unpaired) electrons. The summed E-state index contributed by atoms with van der Waals surface area (Å²) < 4.78 is 0. The quantitative estimate of drug-likeness (QED) is 0.685. The van der Waals surface area contributed by atoms with Crippen LogP contribution in [0.25, 0.3) is 0 Å². The molecule has 24 heavy (non-hydrogen) atoms. The molecule has 4 fully saturated rings. The number of hydrogen-bond donors (Lipinski definition) is 3. The van der Waals surface area contributed by atoms with Crippen molar-refractivity contribution in [3.8, 4) is 0 Å². The number of hydrogen-bond acceptors (Lipinski definition) is 3. The number of fused-ring (bicyclic) bond motifs is 5. The van der Waals surface area contributed by atoms with E-state index < -0.39 is 12.1 Å². The second kappa shape index (κ2) is 5.20. The van der Waals surface area contributed by atoms with Gasteiger partial charge in [-0.25, -0.2) is 0 Å². The third-order valence-corrected chi connectivity index (χ3v) is 8.51. The molecule has 1 unspecified atom stereocenters. The molecular formula is C19H29NO4. The molecule has 3 saturated carbocycles. The molecule has 1 aliphatic heterocycles. The van der Waals surface area contributed by atoms with Crippen molar-refractivity contribution in [3.05, 3.63) is 0 Å². The van der Waals surface area contributed by atoms with E-state index >= 15 is 0 Å². The van der Waals surface area contributed by atoms with Crippen LogP contribution >= 0.6 is 0 Å². The number of aliphatic carboxylic acids is 1. The smallest absolute Gasteiger partial charge is 0.307 e. The first-order valence-corrected chi connectivity index (χ1v) is 9.48. The molecule has 1 heterocycles. The van der Waals surface area contributed by atoms with Crippen LogP contribution in [0.1, 0.15) is 58.8 Å². The van der Waals surface area contributed by atoms with Gasteiger partial charge in [0.1, 0.15) is 0 Å². The van der Waals surface area contributed by atoms with Crippen LogP contribution in [-0.2, 0) is 9.59 Å².